The van der Waals surface area contributed by atoms with E-state index >= 15 is 0 Å². The minimum Gasteiger partial charge on any atom is -0.479 e. The molecule has 7 nitrogen and oxygen atoms in total. The van der Waals surface area contributed by atoms with Gasteiger partial charge in [0.25, 0.3) is 0 Å². The molecule has 0 aliphatic carbocycles. The Balaban J connectivity index is 2.78. The van der Waals surface area contributed by atoms with Gasteiger partial charge in [-0.3, -0.25) is 3.07 Å². The van der Waals surface area contributed by atoms with Crippen LogP contribution in [-0.4, -0.2) is 57.1 Å². The molecular formula is C6H9IO7. The first-order valence-corrected chi connectivity index (χ1v) is 4.57. The first-order valence-electron chi connectivity index (χ1n) is 3.69. The quantitative estimate of drug-likeness (QED) is 0.446. The van der Waals surface area contributed by atoms with Crippen molar-refractivity contribution in [3.05, 3.63) is 0 Å². The summed E-state index contributed by atoms with van der Waals surface area (Å²) in [7, 11) is 0. The van der Waals surface area contributed by atoms with Crippen LogP contribution in [0, 0.1) is 0 Å². The second-order valence-electron chi connectivity index (χ2n) is 2.82. The summed E-state index contributed by atoms with van der Waals surface area (Å²) in [6.07, 6.45) is -7.63. The van der Waals surface area contributed by atoms with Crippen LogP contribution in [0.4, 0.5) is 0 Å². The fraction of sp³-hybridized carbons (Fsp3) is 0.833. The lowest BCUT2D eigenvalue weighted by Gasteiger charge is -2.37. The number of aliphatic hydroxyl groups is 3. The molecule has 82 valence electrons. The Kier molecular flexibility index (Phi) is 4.04. The highest BCUT2D eigenvalue weighted by atomic mass is 127. The van der Waals surface area contributed by atoms with Crippen molar-refractivity contribution in [2.75, 3.05) is 0 Å². The fourth-order valence-corrected chi connectivity index (χ4v) is 1.55. The molecule has 0 saturated carbocycles. The molecule has 5 atom stereocenters. The van der Waals surface area contributed by atoms with E-state index < -0.39 is 36.7 Å². The van der Waals surface area contributed by atoms with Crippen molar-refractivity contribution in [1.82, 2.24) is 0 Å². The van der Waals surface area contributed by atoms with E-state index in [0.29, 0.717) is 0 Å². The van der Waals surface area contributed by atoms with Crippen molar-refractivity contribution in [2.45, 2.75) is 30.7 Å². The predicted octanol–water partition coefficient (Wildman–Crippen LogP) is -1.75. The van der Waals surface area contributed by atoms with E-state index in [9.17, 15) is 20.1 Å². The van der Waals surface area contributed by atoms with E-state index in [1.807, 2.05) is 0 Å². The summed E-state index contributed by atoms with van der Waals surface area (Å²) in [6, 6.07) is 0. The second kappa shape index (κ2) is 4.68. The maximum absolute atomic E-state index is 10.5. The minimum atomic E-state index is -1.68. The van der Waals surface area contributed by atoms with Crippen molar-refractivity contribution < 1.29 is 33.0 Å². The van der Waals surface area contributed by atoms with Crippen molar-refractivity contribution in [1.29, 1.82) is 0 Å². The van der Waals surface area contributed by atoms with Gasteiger partial charge in [-0.1, -0.05) is 0 Å². The Hall–Kier alpha value is -0.000000000000000125. The van der Waals surface area contributed by atoms with Crippen LogP contribution in [-0.2, 0) is 12.6 Å². The van der Waals surface area contributed by atoms with Gasteiger partial charge in [-0.25, -0.2) is 4.79 Å². The molecule has 0 aromatic carbocycles. The van der Waals surface area contributed by atoms with E-state index in [-0.39, 0.29) is 0 Å². The number of hydrogen-bond donors (Lipinski definition) is 4. The zero-order valence-electron chi connectivity index (χ0n) is 6.78. The Labute approximate surface area is 92.9 Å². The molecule has 5 unspecified atom stereocenters. The number of carboxylic acid groups (broad SMARTS) is 1. The van der Waals surface area contributed by atoms with Crippen LogP contribution >= 0.6 is 23.0 Å². The molecular weight excluding hydrogens is 311 g/mol. The standard InChI is InChI=1S/C6H9IO7/c7-14-6-3(10)1(8)2(9)4(13-6)5(11)12/h1-4,6,8-10H,(H,11,12). The van der Waals surface area contributed by atoms with Gasteiger partial charge >= 0.3 is 5.97 Å². The zero-order valence-corrected chi connectivity index (χ0v) is 8.94. The van der Waals surface area contributed by atoms with E-state index in [0.717, 1.165) is 0 Å². The van der Waals surface area contributed by atoms with Crippen molar-refractivity contribution in [3.63, 3.8) is 0 Å². The summed E-state index contributed by atoms with van der Waals surface area (Å²) >= 11 is 1.40. The largest absolute Gasteiger partial charge is 0.479 e. The van der Waals surface area contributed by atoms with Gasteiger partial charge in [0.1, 0.15) is 41.3 Å². The third kappa shape index (κ3) is 2.15. The van der Waals surface area contributed by atoms with Crippen molar-refractivity contribution in [3.8, 4) is 0 Å². The topological polar surface area (TPSA) is 116 Å². The first-order chi connectivity index (χ1) is 6.49. The smallest absolute Gasteiger partial charge is 0.335 e. The number of aliphatic hydroxyl groups excluding tert-OH is 3. The van der Waals surface area contributed by atoms with E-state index in [2.05, 4.69) is 3.07 Å². The number of ether oxygens (including phenoxy) is 1. The van der Waals surface area contributed by atoms with Crippen LogP contribution in [0.15, 0.2) is 0 Å². The highest BCUT2D eigenvalue weighted by molar-refractivity contribution is 14.1. The lowest BCUT2D eigenvalue weighted by atomic mass is 9.99. The Bertz CT molecular complexity index is 220. The monoisotopic (exact) mass is 320 g/mol. The van der Waals surface area contributed by atoms with Crippen LogP contribution in [0.3, 0.4) is 0 Å². The normalized spacial score (nSPS) is 43.6. The molecule has 1 aliphatic heterocycles. The van der Waals surface area contributed by atoms with E-state index in [1.165, 1.54) is 23.0 Å². The lowest BCUT2D eigenvalue weighted by molar-refractivity contribution is -0.263. The highest BCUT2D eigenvalue weighted by Crippen LogP contribution is 2.23. The molecule has 1 fully saturated rings. The molecule has 14 heavy (non-hydrogen) atoms. The maximum Gasteiger partial charge on any atom is 0.335 e. The predicted molar refractivity (Wildman–Crippen MR) is 49.4 cm³/mol. The molecule has 1 rings (SSSR count). The van der Waals surface area contributed by atoms with Crippen LogP contribution in [0.1, 0.15) is 0 Å². The summed E-state index contributed by atoms with van der Waals surface area (Å²) < 4.78 is 9.27. The number of carbonyl (C=O) groups is 1. The fourth-order valence-electron chi connectivity index (χ4n) is 1.13. The maximum atomic E-state index is 10.5. The van der Waals surface area contributed by atoms with Crippen LogP contribution in [0.25, 0.3) is 0 Å². The Morgan fingerprint density at radius 1 is 1.21 bits per heavy atom. The van der Waals surface area contributed by atoms with Crippen LogP contribution in [0.5, 0.6) is 0 Å². The molecule has 8 heteroatoms. The molecule has 0 bridgehead atoms. The number of halogens is 1. The van der Waals surface area contributed by atoms with Crippen molar-refractivity contribution >= 4 is 29.0 Å². The summed E-state index contributed by atoms with van der Waals surface area (Å²) in [5.41, 5.74) is 0. The van der Waals surface area contributed by atoms with Crippen molar-refractivity contribution in [2.24, 2.45) is 0 Å². The van der Waals surface area contributed by atoms with Gasteiger partial charge in [0, 0.05) is 0 Å². The molecule has 0 aromatic heterocycles. The van der Waals surface area contributed by atoms with E-state index in [4.69, 9.17) is 9.84 Å². The van der Waals surface area contributed by atoms with Gasteiger partial charge in [-0.05, 0) is 0 Å². The summed E-state index contributed by atoms with van der Waals surface area (Å²) in [4.78, 5) is 10.5. The van der Waals surface area contributed by atoms with Crippen LogP contribution < -0.4 is 0 Å². The summed E-state index contributed by atoms with van der Waals surface area (Å²) in [5.74, 6) is -1.43. The SMILES string of the molecule is O=C(O)C1OC(OI)C(O)C(O)C1O. The molecule has 0 spiro atoms. The molecule has 4 N–H and O–H groups in total. The van der Waals surface area contributed by atoms with Gasteiger partial charge in [0.05, 0.1) is 0 Å². The summed E-state index contributed by atoms with van der Waals surface area (Å²) in [6.45, 7) is 0. The Morgan fingerprint density at radius 3 is 2.21 bits per heavy atom. The number of hydrogen-bond acceptors (Lipinski definition) is 6. The first kappa shape index (κ1) is 12.1. The minimum absolute atomic E-state index is 1.27. The molecule has 0 radical (unpaired) electrons. The Morgan fingerprint density at radius 2 is 1.79 bits per heavy atom. The van der Waals surface area contributed by atoms with Gasteiger partial charge in [-0.15, -0.1) is 0 Å². The van der Waals surface area contributed by atoms with Gasteiger partial charge < -0.3 is 25.2 Å². The molecule has 0 aromatic rings. The second-order valence-corrected chi connectivity index (χ2v) is 3.33. The molecule has 1 saturated heterocycles. The molecule has 1 heterocycles. The third-order valence-electron chi connectivity index (χ3n) is 1.90. The molecule has 0 amide bonds. The summed E-state index contributed by atoms with van der Waals surface area (Å²) in [5, 5.41) is 36.3. The highest BCUT2D eigenvalue weighted by Gasteiger charge is 2.47. The van der Waals surface area contributed by atoms with Gasteiger partial charge in [0.2, 0.25) is 0 Å². The number of aliphatic carboxylic acids is 1. The zero-order chi connectivity index (χ0) is 10.9. The third-order valence-corrected chi connectivity index (χ3v) is 2.40. The average molecular weight is 320 g/mol. The molecule has 1 aliphatic rings. The average Bonchev–Trinajstić information content (AvgIpc) is 2.14. The lowest BCUT2D eigenvalue weighted by Crippen LogP contribution is -2.59. The van der Waals surface area contributed by atoms with E-state index in [1.54, 1.807) is 0 Å². The number of carboxylic acids is 1. The van der Waals surface area contributed by atoms with Gasteiger partial charge in [0.15, 0.2) is 12.4 Å². The van der Waals surface area contributed by atoms with Gasteiger partial charge in [-0.2, -0.15) is 0 Å². The number of rotatable bonds is 2. The van der Waals surface area contributed by atoms with Crippen LogP contribution in [0.2, 0.25) is 0 Å².